The van der Waals surface area contributed by atoms with Gasteiger partial charge in [-0.05, 0) is 31.9 Å². The van der Waals surface area contributed by atoms with Gasteiger partial charge in [-0.3, -0.25) is 4.79 Å². The Labute approximate surface area is 93.5 Å². The fourth-order valence-corrected chi connectivity index (χ4v) is 1.29. The molecule has 0 saturated carbocycles. The summed E-state index contributed by atoms with van der Waals surface area (Å²) in [5.74, 6) is -2.68. The summed E-state index contributed by atoms with van der Waals surface area (Å²) in [7, 11) is 0. The highest BCUT2D eigenvalue weighted by Crippen LogP contribution is 2.20. The molecule has 0 aromatic heterocycles. The number of ketones is 1. The van der Waals surface area contributed by atoms with Crippen LogP contribution in [0.1, 0.15) is 36.2 Å². The van der Waals surface area contributed by atoms with Crippen molar-refractivity contribution in [3.05, 3.63) is 34.9 Å². The van der Waals surface area contributed by atoms with Crippen LogP contribution in [0.4, 0.5) is 8.78 Å². The van der Waals surface area contributed by atoms with E-state index in [1.165, 1.54) is 26.0 Å². The number of nitrogens with two attached hydrogens (primary N) is 1. The van der Waals surface area contributed by atoms with E-state index in [2.05, 4.69) is 0 Å². The molecule has 0 saturated heterocycles. The van der Waals surface area contributed by atoms with Gasteiger partial charge in [0.25, 0.3) is 0 Å². The molecule has 4 heteroatoms. The van der Waals surface area contributed by atoms with Gasteiger partial charge >= 0.3 is 0 Å². The van der Waals surface area contributed by atoms with Gasteiger partial charge in [0.2, 0.25) is 0 Å². The first-order chi connectivity index (χ1) is 7.31. The monoisotopic (exact) mass is 227 g/mol. The van der Waals surface area contributed by atoms with Gasteiger partial charge in [-0.15, -0.1) is 0 Å². The maximum Gasteiger partial charge on any atom is 0.185 e. The lowest BCUT2D eigenvalue weighted by Gasteiger charge is -2.21. The van der Waals surface area contributed by atoms with Crippen LogP contribution in [0.25, 0.3) is 0 Å². The molecule has 0 fully saturated rings. The number of hydrogen-bond acceptors (Lipinski definition) is 2. The van der Waals surface area contributed by atoms with Gasteiger partial charge < -0.3 is 5.73 Å². The first-order valence-corrected chi connectivity index (χ1v) is 5.09. The van der Waals surface area contributed by atoms with Crippen LogP contribution < -0.4 is 5.73 Å². The summed E-state index contributed by atoms with van der Waals surface area (Å²) in [6.45, 7) is 4.67. The largest absolute Gasteiger partial charge is 0.319 e. The summed E-state index contributed by atoms with van der Waals surface area (Å²) in [6, 6.07) is 2.65. The van der Waals surface area contributed by atoms with Gasteiger partial charge in [0.1, 0.15) is 0 Å². The van der Waals surface area contributed by atoms with Gasteiger partial charge in [0.05, 0.1) is 11.1 Å². The predicted octanol–water partition coefficient (Wildman–Crippen LogP) is 2.58. The molecule has 2 N–H and O–H groups in total. The van der Waals surface area contributed by atoms with E-state index in [-0.39, 0.29) is 11.1 Å². The van der Waals surface area contributed by atoms with E-state index >= 15 is 0 Å². The molecule has 2 nitrogen and oxygen atoms in total. The normalized spacial score (nSPS) is 14.6. The summed E-state index contributed by atoms with van der Waals surface area (Å²) in [6.07, 6.45) is 0.362. The van der Waals surface area contributed by atoms with E-state index in [0.717, 1.165) is 0 Å². The second-order valence-electron chi connectivity index (χ2n) is 4.16. The number of aryl methyl sites for hydroxylation is 1. The first kappa shape index (κ1) is 12.8. The fraction of sp³-hybridized carbons (Fsp3) is 0.417. The second kappa shape index (κ2) is 4.29. The van der Waals surface area contributed by atoms with Crippen molar-refractivity contribution >= 4 is 5.78 Å². The predicted molar refractivity (Wildman–Crippen MR) is 58.3 cm³/mol. The molecule has 1 rings (SSSR count). The molecule has 0 aliphatic carbocycles. The molecule has 0 amide bonds. The standard InChI is InChI=1S/C12H15F2NO/c1-4-12(3,15)11(16)8-6-5-7(2)9(13)10(8)14/h5-6H,4,15H2,1-3H3. The Bertz CT molecular complexity index is 427. The fourth-order valence-electron chi connectivity index (χ4n) is 1.29. The van der Waals surface area contributed by atoms with Crippen LogP contribution in [0.2, 0.25) is 0 Å². The maximum atomic E-state index is 13.5. The minimum absolute atomic E-state index is 0.171. The van der Waals surface area contributed by atoms with Gasteiger partial charge in [-0.1, -0.05) is 13.0 Å². The van der Waals surface area contributed by atoms with Gasteiger partial charge in [-0.25, -0.2) is 8.78 Å². The number of benzene rings is 1. The molecule has 0 radical (unpaired) electrons. The van der Waals surface area contributed by atoms with Crippen molar-refractivity contribution in [1.29, 1.82) is 0 Å². The molecule has 0 aliphatic heterocycles. The smallest absolute Gasteiger partial charge is 0.185 e. The van der Waals surface area contributed by atoms with Gasteiger partial charge in [-0.2, -0.15) is 0 Å². The van der Waals surface area contributed by atoms with Crippen LogP contribution in [0.5, 0.6) is 0 Å². The van der Waals surface area contributed by atoms with Crippen molar-refractivity contribution in [2.75, 3.05) is 0 Å². The number of carbonyl (C=O) groups excluding carboxylic acids is 1. The summed E-state index contributed by atoms with van der Waals surface area (Å²) in [5.41, 5.74) is 4.43. The summed E-state index contributed by atoms with van der Waals surface area (Å²) >= 11 is 0. The number of hydrogen-bond donors (Lipinski definition) is 1. The lowest BCUT2D eigenvalue weighted by atomic mass is 9.89. The van der Waals surface area contributed by atoms with Crippen LogP contribution in [-0.2, 0) is 0 Å². The van der Waals surface area contributed by atoms with E-state index in [1.807, 2.05) is 0 Å². The highest BCUT2D eigenvalue weighted by Gasteiger charge is 2.30. The zero-order chi connectivity index (χ0) is 12.5. The van der Waals surface area contributed by atoms with Crippen molar-refractivity contribution in [3.63, 3.8) is 0 Å². The molecule has 16 heavy (non-hydrogen) atoms. The SMILES string of the molecule is CCC(C)(N)C(=O)c1ccc(C)c(F)c1F. The Hall–Kier alpha value is -1.29. The third kappa shape index (κ3) is 2.11. The average molecular weight is 227 g/mol. The van der Waals surface area contributed by atoms with Crippen LogP contribution in [0.3, 0.4) is 0 Å². The van der Waals surface area contributed by atoms with Gasteiger partial charge in [0.15, 0.2) is 17.4 Å². The van der Waals surface area contributed by atoms with E-state index in [1.54, 1.807) is 6.92 Å². The van der Waals surface area contributed by atoms with E-state index < -0.39 is 23.0 Å². The first-order valence-electron chi connectivity index (χ1n) is 5.09. The lowest BCUT2D eigenvalue weighted by Crippen LogP contribution is -2.44. The Kier molecular flexibility index (Phi) is 3.43. The minimum atomic E-state index is -1.16. The quantitative estimate of drug-likeness (QED) is 0.806. The molecule has 1 aromatic carbocycles. The Morgan fingerprint density at radius 2 is 1.94 bits per heavy atom. The van der Waals surface area contributed by atoms with Crippen molar-refractivity contribution in [2.45, 2.75) is 32.7 Å². The minimum Gasteiger partial charge on any atom is -0.319 e. The summed E-state index contributed by atoms with van der Waals surface area (Å²) in [4.78, 5) is 11.9. The van der Waals surface area contributed by atoms with Crippen LogP contribution >= 0.6 is 0 Å². The van der Waals surface area contributed by atoms with Crippen LogP contribution in [0.15, 0.2) is 12.1 Å². The topological polar surface area (TPSA) is 43.1 Å². The van der Waals surface area contributed by atoms with Crippen molar-refractivity contribution in [1.82, 2.24) is 0 Å². The number of halogens is 2. The highest BCUT2D eigenvalue weighted by molar-refractivity contribution is 6.03. The molecule has 0 aliphatic rings. The van der Waals surface area contributed by atoms with Crippen molar-refractivity contribution < 1.29 is 13.6 Å². The van der Waals surface area contributed by atoms with Crippen molar-refractivity contribution in [2.24, 2.45) is 5.73 Å². The Morgan fingerprint density at radius 3 is 2.44 bits per heavy atom. The molecule has 88 valence electrons. The summed E-state index contributed by atoms with van der Waals surface area (Å²) in [5, 5.41) is 0. The van der Waals surface area contributed by atoms with Crippen LogP contribution in [-0.4, -0.2) is 11.3 Å². The zero-order valence-electron chi connectivity index (χ0n) is 9.60. The number of rotatable bonds is 3. The molecular formula is C12H15F2NO. The molecule has 1 unspecified atom stereocenters. The maximum absolute atomic E-state index is 13.5. The zero-order valence-corrected chi connectivity index (χ0v) is 9.60. The Balaban J connectivity index is 3.26. The third-order valence-electron chi connectivity index (χ3n) is 2.77. The molecular weight excluding hydrogens is 212 g/mol. The molecule has 0 heterocycles. The summed E-state index contributed by atoms with van der Waals surface area (Å²) < 4.78 is 26.8. The van der Waals surface area contributed by atoms with E-state index in [9.17, 15) is 13.6 Å². The molecule has 1 aromatic rings. The molecule has 1 atom stereocenters. The van der Waals surface area contributed by atoms with Crippen molar-refractivity contribution in [3.8, 4) is 0 Å². The molecule has 0 spiro atoms. The highest BCUT2D eigenvalue weighted by atomic mass is 19.2. The van der Waals surface area contributed by atoms with Crippen LogP contribution in [0, 0.1) is 18.6 Å². The van der Waals surface area contributed by atoms with E-state index in [0.29, 0.717) is 6.42 Å². The number of carbonyl (C=O) groups is 1. The third-order valence-corrected chi connectivity index (χ3v) is 2.77. The van der Waals surface area contributed by atoms with E-state index in [4.69, 9.17) is 5.73 Å². The average Bonchev–Trinajstić information content (AvgIpc) is 2.25. The lowest BCUT2D eigenvalue weighted by molar-refractivity contribution is 0.0892. The Morgan fingerprint density at radius 1 is 1.38 bits per heavy atom. The number of Topliss-reactive ketones (excluding diaryl/α,β-unsaturated/α-hetero) is 1. The van der Waals surface area contributed by atoms with Gasteiger partial charge in [0, 0.05) is 0 Å². The second-order valence-corrected chi connectivity index (χ2v) is 4.16. The molecule has 0 bridgehead atoms.